The van der Waals surface area contributed by atoms with E-state index in [0.717, 1.165) is 18.6 Å². The van der Waals surface area contributed by atoms with Crippen LogP contribution in [0.5, 0.6) is 0 Å². The summed E-state index contributed by atoms with van der Waals surface area (Å²) in [6.07, 6.45) is 8.49. The minimum atomic E-state index is 0.340. The van der Waals surface area contributed by atoms with Gasteiger partial charge in [-0.1, -0.05) is 46.4 Å². The number of allylic oxidation sites excluding steroid dienone is 4. The van der Waals surface area contributed by atoms with Crippen molar-refractivity contribution in [1.82, 2.24) is 0 Å². The van der Waals surface area contributed by atoms with Gasteiger partial charge in [0.1, 0.15) is 5.76 Å². The normalized spacial score (nSPS) is 19.0. The zero-order chi connectivity index (χ0) is 13.0. The Morgan fingerprint density at radius 1 is 1.25 bits per heavy atom. The van der Waals surface area contributed by atoms with Crippen LogP contribution >= 0.6 is 0 Å². The van der Waals surface area contributed by atoms with Crippen LogP contribution < -0.4 is 0 Å². The highest BCUT2D eigenvalue weighted by Gasteiger charge is 2.14. The monoisotopic (exact) mass is 224 g/mol. The summed E-state index contributed by atoms with van der Waals surface area (Å²) >= 11 is 0. The van der Waals surface area contributed by atoms with E-state index in [9.17, 15) is 0 Å². The van der Waals surface area contributed by atoms with Crippen LogP contribution in [0.2, 0.25) is 0 Å². The summed E-state index contributed by atoms with van der Waals surface area (Å²) in [5.74, 6) is 0.951. The maximum absolute atomic E-state index is 5.61. The summed E-state index contributed by atoms with van der Waals surface area (Å²) in [7, 11) is 0. The number of hydrogen-bond acceptors (Lipinski definition) is 1. The topological polar surface area (TPSA) is 9.23 Å². The van der Waals surface area contributed by atoms with Gasteiger partial charge in [0, 0.05) is 0 Å². The molecular formula is C15H28O. The summed E-state index contributed by atoms with van der Waals surface area (Å²) in [5.41, 5.74) is 1.27. The second-order valence-electron chi connectivity index (χ2n) is 3.06. The Balaban J connectivity index is 0. The molecule has 1 aliphatic rings. The average molecular weight is 224 g/mol. The first-order chi connectivity index (χ1) is 7.77. The Labute approximate surface area is 102 Å². The lowest BCUT2D eigenvalue weighted by atomic mass is 10.0. The molecule has 1 unspecified atom stereocenters. The molecule has 0 radical (unpaired) electrons. The van der Waals surface area contributed by atoms with Crippen molar-refractivity contribution in [2.75, 3.05) is 0 Å². The third-order valence-corrected chi connectivity index (χ3v) is 2.02. The van der Waals surface area contributed by atoms with Crippen LogP contribution in [0.25, 0.3) is 0 Å². The van der Waals surface area contributed by atoms with E-state index < -0.39 is 0 Å². The highest BCUT2D eigenvalue weighted by Crippen LogP contribution is 2.24. The van der Waals surface area contributed by atoms with E-state index in [1.165, 1.54) is 5.57 Å². The highest BCUT2D eigenvalue weighted by molar-refractivity contribution is 5.29. The van der Waals surface area contributed by atoms with Gasteiger partial charge in [0.25, 0.3) is 0 Å². The lowest BCUT2D eigenvalue weighted by molar-refractivity contribution is 0.117. The molecule has 16 heavy (non-hydrogen) atoms. The number of hydrogen-bond donors (Lipinski definition) is 0. The Bertz CT molecular complexity index is 224. The fourth-order valence-electron chi connectivity index (χ4n) is 1.38. The van der Waals surface area contributed by atoms with Gasteiger partial charge in [-0.25, -0.2) is 0 Å². The van der Waals surface area contributed by atoms with Gasteiger partial charge in [-0.05, 0) is 38.3 Å². The molecule has 1 heteroatoms. The first-order valence-electron chi connectivity index (χ1n) is 6.43. The maximum Gasteiger partial charge on any atom is 0.122 e. The molecule has 0 saturated heterocycles. The van der Waals surface area contributed by atoms with Crippen LogP contribution in [0.1, 0.15) is 54.4 Å². The minimum Gasteiger partial charge on any atom is -0.490 e. The molecule has 1 rings (SSSR count). The molecule has 0 N–H and O–H groups in total. The Hall–Kier alpha value is -0.980. The van der Waals surface area contributed by atoms with Crippen molar-refractivity contribution in [3.05, 3.63) is 36.1 Å². The van der Waals surface area contributed by atoms with E-state index in [1.807, 2.05) is 40.7 Å². The molecule has 1 aliphatic heterocycles. The van der Waals surface area contributed by atoms with E-state index in [4.69, 9.17) is 4.74 Å². The van der Waals surface area contributed by atoms with Crippen molar-refractivity contribution in [3.8, 4) is 0 Å². The predicted molar refractivity (Wildman–Crippen MR) is 74.5 cm³/mol. The Kier molecular flexibility index (Phi) is 13.2. The number of ether oxygens (including phenoxy) is 1. The summed E-state index contributed by atoms with van der Waals surface area (Å²) in [4.78, 5) is 0. The maximum atomic E-state index is 5.61. The molecule has 0 fully saturated rings. The summed E-state index contributed by atoms with van der Waals surface area (Å²) in [6, 6.07) is 0. The first-order valence-corrected chi connectivity index (χ1v) is 6.43. The van der Waals surface area contributed by atoms with Crippen LogP contribution in [0.15, 0.2) is 36.1 Å². The highest BCUT2D eigenvalue weighted by atomic mass is 16.5. The molecule has 0 spiro atoms. The van der Waals surface area contributed by atoms with Crippen molar-refractivity contribution < 1.29 is 4.74 Å². The third-order valence-electron chi connectivity index (χ3n) is 2.02. The fraction of sp³-hybridized carbons (Fsp3) is 0.600. The van der Waals surface area contributed by atoms with Crippen LogP contribution in [0.4, 0.5) is 0 Å². The molecule has 0 aromatic carbocycles. The molecule has 0 aromatic heterocycles. The average Bonchev–Trinajstić information content (AvgIpc) is 2.36. The van der Waals surface area contributed by atoms with Gasteiger partial charge in [-0.3, -0.25) is 0 Å². The van der Waals surface area contributed by atoms with Crippen LogP contribution in [0, 0.1) is 0 Å². The van der Waals surface area contributed by atoms with E-state index in [-0.39, 0.29) is 0 Å². The van der Waals surface area contributed by atoms with Crippen molar-refractivity contribution >= 4 is 0 Å². The Morgan fingerprint density at radius 2 is 1.81 bits per heavy atom. The molecule has 0 amide bonds. The van der Waals surface area contributed by atoms with Crippen LogP contribution in [-0.4, -0.2) is 6.10 Å². The van der Waals surface area contributed by atoms with E-state index >= 15 is 0 Å². The molecule has 1 nitrogen and oxygen atoms in total. The van der Waals surface area contributed by atoms with E-state index in [2.05, 4.69) is 19.6 Å². The molecule has 0 saturated carbocycles. The third kappa shape index (κ3) is 6.49. The molecule has 1 heterocycles. The molecule has 0 aliphatic carbocycles. The summed E-state index contributed by atoms with van der Waals surface area (Å²) in [6.45, 7) is 15.8. The predicted octanol–water partition coefficient (Wildman–Crippen LogP) is 5.25. The van der Waals surface area contributed by atoms with Gasteiger partial charge < -0.3 is 4.74 Å². The molecule has 1 atom stereocenters. The van der Waals surface area contributed by atoms with Gasteiger partial charge in [0.2, 0.25) is 0 Å². The summed E-state index contributed by atoms with van der Waals surface area (Å²) in [5, 5.41) is 0. The second kappa shape index (κ2) is 12.1. The second-order valence-corrected chi connectivity index (χ2v) is 3.06. The van der Waals surface area contributed by atoms with Crippen molar-refractivity contribution in [2.24, 2.45) is 0 Å². The molecule has 0 bridgehead atoms. The van der Waals surface area contributed by atoms with Gasteiger partial charge in [-0.2, -0.15) is 0 Å². The van der Waals surface area contributed by atoms with E-state index in [0.29, 0.717) is 6.10 Å². The fourth-order valence-corrected chi connectivity index (χ4v) is 1.38. The Morgan fingerprint density at radius 3 is 2.25 bits per heavy atom. The molecule has 0 aromatic rings. The van der Waals surface area contributed by atoms with Gasteiger partial charge in [0.15, 0.2) is 0 Å². The minimum absolute atomic E-state index is 0.340. The molecule has 94 valence electrons. The van der Waals surface area contributed by atoms with Crippen molar-refractivity contribution in [2.45, 2.75) is 60.5 Å². The molecular weight excluding hydrogens is 196 g/mol. The van der Waals surface area contributed by atoms with Gasteiger partial charge in [-0.15, -0.1) is 0 Å². The van der Waals surface area contributed by atoms with E-state index in [1.54, 1.807) is 6.08 Å². The quantitative estimate of drug-likeness (QED) is 0.622. The lowest BCUT2D eigenvalue weighted by Gasteiger charge is -2.23. The standard InChI is InChI=1S/C11H16O.2C2H6/c1-4-6-10-8-7-9(3)12-11(10)5-2;2*1-2/h4-6,9H,2,7-8H2,1,3H3;2*1-2H3/b6-4-;;. The number of rotatable bonds is 2. The van der Waals surface area contributed by atoms with Crippen LogP contribution in [-0.2, 0) is 4.74 Å². The van der Waals surface area contributed by atoms with Crippen molar-refractivity contribution in [3.63, 3.8) is 0 Å². The zero-order valence-electron chi connectivity index (χ0n) is 11.8. The van der Waals surface area contributed by atoms with Gasteiger partial charge in [0.05, 0.1) is 6.10 Å². The van der Waals surface area contributed by atoms with Crippen LogP contribution in [0.3, 0.4) is 0 Å². The van der Waals surface area contributed by atoms with Gasteiger partial charge >= 0.3 is 0 Å². The SMILES string of the molecule is C=CC1=C(/C=C\C)CCC(C)O1.CC.CC. The smallest absolute Gasteiger partial charge is 0.122 e. The largest absolute Gasteiger partial charge is 0.490 e. The zero-order valence-corrected chi connectivity index (χ0v) is 11.8. The van der Waals surface area contributed by atoms with Crippen molar-refractivity contribution in [1.29, 1.82) is 0 Å². The first kappa shape index (κ1) is 17.4. The summed E-state index contributed by atoms with van der Waals surface area (Å²) < 4.78 is 5.61. The lowest BCUT2D eigenvalue weighted by Crippen LogP contribution is -2.13.